The van der Waals surface area contributed by atoms with Gasteiger partial charge >= 0.3 is 0 Å². The first-order valence-corrected chi connectivity index (χ1v) is 4.53. The Labute approximate surface area is 79.0 Å². The van der Waals surface area contributed by atoms with E-state index in [0.29, 0.717) is 5.69 Å². The second-order valence-corrected chi connectivity index (χ2v) is 3.25. The number of rotatable bonds is 3. The van der Waals surface area contributed by atoms with Crippen LogP contribution in [0.4, 0.5) is 0 Å². The van der Waals surface area contributed by atoms with E-state index in [9.17, 15) is 4.79 Å². The normalized spacial score (nSPS) is 10.0. The molecule has 1 aromatic heterocycles. The van der Waals surface area contributed by atoms with E-state index >= 15 is 0 Å². The quantitative estimate of drug-likeness (QED) is 0.615. The summed E-state index contributed by atoms with van der Waals surface area (Å²) in [6.45, 7) is 3.02. The van der Waals surface area contributed by atoms with Gasteiger partial charge in [0.05, 0.1) is 6.33 Å². The third kappa shape index (κ3) is 1.79. The van der Waals surface area contributed by atoms with E-state index in [1.54, 1.807) is 6.33 Å². The summed E-state index contributed by atoms with van der Waals surface area (Å²) in [5, 5.41) is 0. The number of hydrogen-bond acceptors (Lipinski definition) is 2. The molecule has 0 saturated carbocycles. The summed E-state index contributed by atoms with van der Waals surface area (Å²) in [6, 6.07) is 0. The van der Waals surface area contributed by atoms with Gasteiger partial charge in [0, 0.05) is 6.54 Å². The van der Waals surface area contributed by atoms with Crippen LogP contribution in [-0.4, -0.2) is 15.8 Å². The summed E-state index contributed by atoms with van der Waals surface area (Å²) in [5.41, 5.74) is 0.541. The number of aromatic nitrogens is 2. The third-order valence-corrected chi connectivity index (χ3v) is 2.55. The van der Waals surface area contributed by atoms with Gasteiger partial charge in [-0.15, -0.1) is 0 Å². The predicted molar refractivity (Wildman–Crippen MR) is 50.6 cm³/mol. The Balaban J connectivity index is 2.90. The lowest BCUT2D eigenvalue weighted by molar-refractivity contribution is 0.111. The van der Waals surface area contributed by atoms with Crippen LogP contribution in [0.1, 0.15) is 23.8 Å². The number of hydrogen-bond donors (Lipinski definition) is 0. The van der Waals surface area contributed by atoms with Crippen molar-refractivity contribution in [1.29, 1.82) is 0 Å². The van der Waals surface area contributed by atoms with Crippen LogP contribution in [0.2, 0.25) is 0 Å². The van der Waals surface area contributed by atoms with E-state index in [1.165, 1.54) is 0 Å². The SMILES string of the molecule is CCCn1cnc(C=O)c1I. The zero-order chi connectivity index (χ0) is 8.27. The van der Waals surface area contributed by atoms with Crippen LogP contribution >= 0.6 is 22.6 Å². The highest BCUT2D eigenvalue weighted by atomic mass is 127. The smallest absolute Gasteiger partial charge is 0.171 e. The highest BCUT2D eigenvalue weighted by Gasteiger charge is 2.04. The van der Waals surface area contributed by atoms with Gasteiger partial charge in [0.2, 0.25) is 0 Å². The molecule has 11 heavy (non-hydrogen) atoms. The first-order valence-electron chi connectivity index (χ1n) is 3.45. The molecule has 0 amide bonds. The second-order valence-electron chi connectivity index (χ2n) is 2.23. The molecular weight excluding hydrogens is 255 g/mol. The van der Waals surface area contributed by atoms with Gasteiger partial charge in [-0.05, 0) is 29.0 Å². The van der Waals surface area contributed by atoms with Crippen LogP contribution in [0.25, 0.3) is 0 Å². The van der Waals surface area contributed by atoms with Gasteiger partial charge in [0.1, 0.15) is 9.39 Å². The minimum atomic E-state index is 0.541. The van der Waals surface area contributed by atoms with E-state index < -0.39 is 0 Å². The molecule has 0 saturated heterocycles. The number of halogens is 1. The fourth-order valence-corrected chi connectivity index (χ4v) is 1.49. The fourth-order valence-electron chi connectivity index (χ4n) is 0.859. The number of nitrogens with zero attached hydrogens (tertiary/aromatic N) is 2. The molecule has 0 N–H and O–H groups in total. The topological polar surface area (TPSA) is 34.9 Å². The van der Waals surface area contributed by atoms with Gasteiger partial charge in [-0.25, -0.2) is 4.98 Å². The molecule has 0 aliphatic heterocycles. The summed E-state index contributed by atoms with van der Waals surface area (Å²) in [7, 11) is 0. The lowest BCUT2D eigenvalue weighted by Crippen LogP contribution is -1.97. The highest BCUT2D eigenvalue weighted by molar-refractivity contribution is 14.1. The second kappa shape index (κ2) is 3.85. The summed E-state index contributed by atoms with van der Waals surface area (Å²) in [4.78, 5) is 14.3. The number of carbonyl (C=O) groups is 1. The van der Waals surface area contributed by atoms with Crippen molar-refractivity contribution in [2.75, 3.05) is 0 Å². The maximum atomic E-state index is 10.4. The minimum Gasteiger partial charge on any atom is -0.325 e. The molecule has 4 heteroatoms. The molecule has 0 fully saturated rings. The zero-order valence-corrected chi connectivity index (χ0v) is 8.41. The monoisotopic (exact) mass is 264 g/mol. The van der Waals surface area contributed by atoms with Crippen molar-refractivity contribution in [2.24, 2.45) is 0 Å². The minimum absolute atomic E-state index is 0.541. The molecule has 1 heterocycles. The maximum absolute atomic E-state index is 10.4. The van der Waals surface area contributed by atoms with E-state index in [0.717, 1.165) is 23.0 Å². The molecule has 0 bridgehead atoms. The largest absolute Gasteiger partial charge is 0.325 e. The van der Waals surface area contributed by atoms with Gasteiger partial charge in [-0.1, -0.05) is 6.92 Å². The summed E-state index contributed by atoms with van der Waals surface area (Å²) < 4.78 is 2.91. The molecule has 0 aliphatic rings. The molecule has 0 aromatic carbocycles. The molecule has 0 unspecified atom stereocenters. The van der Waals surface area contributed by atoms with E-state index in [-0.39, 0.29) is 0 Å². The Hall–Kier alpha value is -0.390. The molecular formula is C7H9IN2O. The average Bonchev–Trinajstić information content (AvgIpc) is 2.34. The molecule has 0 aliphatic carbocycles. The molecule has 3 nitrogen and oxygen atoms in total. The number of imidazole rings is 1. The molecule has 0 radical (unpaired) electrons. The zero-order valence-electron chi connectivity index (χ0n) is 6.25. The molecule has 1 aromatic rings. The Morgan fingerprint density at radius 1 is 1.82 bits per heavy atom. The molecule has 0 atom stereocenters. The van der Waals surface area contributed by atoms with Gasteiger partial charge in [-0.3, -0.25) is 4.79 Å². The van der Waals surface area contributed by atoms with Crippen molar-refractivity contribution in [3.8, 4) is 0 Å². The summed E-state index contributed by atoms with van der Waals surface area (Å²) in [5.74, 6) is 0. The Bertz CT molecular complexity index is 257. The van der Waals surface area contributed by atoms with Crippen molar-refractivity contribution >= 4 is 28.9 Å². The maximum Gasteiger partial charge on any atom is 0.171 e. The van der Waals surface area contributed by atoms with Crippen LogP contribution in [0.15, 0.2) is 6.33 Å². The van der Waals surface area contributed by atoms with Crippen molar-refractivity contribution in [2.45, 2.75) is 19.9 Å². The Morgan fingerprint density at radius 2 is 2.55 bits per heavy atom. The molecule has 1 rings (SSSR count). The van der Waals surface area contributed by atoms with Crippen LogP contribution in [-0.2, 0) is 6.54 Å². The number of carbonyl (C=O) groups excluding carboxylic acids is 1. The van der Waals surface area contributed by atoms with Crippen molar-refractivity contribution in [1.82, 2.24) is 9.55 Å². The van der Waals surface area contributed by atoms with Gasteiger partial charge in [0.15, 0.2) is 6.29 Å². The van der Waals surface area contributed by atoms with Gasteiger partial charge < -0.3 is 4.57 Å². The van der Waals surface area contributed by atoms with Crippen LogP contribution < -0.4 is 0 Å². The highest BCUT2D eigenvalue weighted by Crippen LogP contribution is 2.08. The molecule has 60 valence electrons. The van der Waals surface area contributed by atoms with Crippen LogP contribution in [0.3, 0.4) is 0 Å². The van der Waals surface area contributed by atoms with Crippen LogP contribution in [0.5, 0.6) is 0 Å². The average molecular weight is 264 g/mol. The standard InChI is InChI=1S/C7H9IN2O/c1-2-3-10-5-9-6(4-11)7(10)8/h4-5H,2-3H2,1H3. The summed E-state index contributed by atoms with van der Waals surface area (Å²) in [6.07, 6.45) is 3.55. The number of aldehydes is 1. The first-order chi connectivity index (χ1) is 5.29. The van der Waals surface area contributed by atoms with E-state index in [1.807, 2.05) is 4.57 Å². The number of aryl methyl sites for hydroxylation is 1. The van der Waals surface area contributed by atoms with Crippen molar-refractivity contribution in [3.05, 3.63) is 15.7 Å². The first kappa shape index (κ1) is 8.70. The van der Waals surface area contributed by atoms with Gasteiger partial charge in [-0.2, -0.15) is 0 Å². The van der Waals surface area contributed by atoms with Crippen LogP contribution in [0, 0.1) is 3.70 Å². The van der Waals surface area contributed by atoms with Crippen molar-refractivity contribution in [3.63, 3.8) is 0 Å². The third-order valence-electron chi connectivity index (χ3n) is 1.38. The lowest BCUT2D eigenvalue weighted by Gasteiger charge is -1.98. The van der Waals surface area contributed by atoms with E-state index in [4.69, 9.17) is 0 Å². The fraction of sp³-hybridized carbons (Fsp3) is 0.429. The predicted octanol–water partition coefficient (Wildman–Crippen LogP) is 1.71. The van der Waals surface area contributed by atoms with Crippen molar-refractivity contribution < 1.29 is 4.79 Å². The van der Waals surface area contributed by atoms with Gasteiger partial charge in [0.25, 0.3) is 0 Å². The lowest BCUT2D eigenvalue weighted by atomic mass is 10.5. The van der Waals surface area contributed by atoms with E-state index in [2.05, 4.69) is 34.5 Å². The summed E-state index contributed by atoms with van der Waals surface area (Å²) >= 11 is 2.13. The Morgan fingerprint density at radius 3 is 3.00 bits per heavy atom. The Kier molecular flexibility index (Phi) is 3.04. The molecule has 0 spiro atoms.